The van der Waals surface area contributed by atoms with Crippen molar-refractivity contribution in [1.29, 1.82) is 0 Å². The van der Waals surface area contributed by atoms with Crippen LogP contribution in [0.3, 0.4) is 0 Å². The first-order valence-electron chi connectivity index (χ1n) is 7.61. The molecule has 2 N–H and O–H groups in total. The number of sulfonamides is 1. The first-order chi connectivity index (χ1) is 10.1. The highest BCUT2D eigenvalue weighted by molar-refractivity contribution is 7.90. The average molecular weight is 330 g/mol. The second kappa shape index (κ2) is 7.76. The van der Waals surface area contributed by atoms with Gasteiger partial charge < -0.3 is 5.32 Å². The lowest BCUT2D eigenvalue weighted by Gasteiger charge is -2.25. The summed E-state index contributed by atoms with van der Waals surface area (Å²) < 4.78 is 26.1. The van der Waals surface area contributed by atoms with Crippen molar-refractivity contribution in [3.05, 3.63) is 12.7 Å². The molecule has 0 aromatic heterocycles. The topological polar surface area (TPSA) is 92.3 Å². The van der Waals surface area contributed by atoms with Crippen LogP contribution in [0.2, 0.25) is 0 Å². The highest BCUT2D eigenvalue weighted by Gasteiger charge is 2.28. The minimum atomic E-state index is -3.79. The number of hydrogen-bond acceptors (Lipinski definition) is 4. The minimum absolute atomic E-state index is 0.226. The standard InChI is InChI=1S/C15H26N2O4S/c1-4-13(18)16-15(2,3)11-22(20,21)17-14(19)10-9-12-7-5-6-8-12/h4,12H,1,5-11H2,2-3H3,(H,16,18)(H,17,19). The van der Waals surface area contributed by atoms with Gasteiger partial charge in [-0.2, -0.15) is 0 Å². The molecule has 1 rings (SSSR count). The number of hydrogen-bond donors (Lipinski definition) is 2. The van der Waals surface area contributed by atoms with E-state index in [0.29, 0.717) is 5.92 Å². The van der Waals surface area contributed by atoms with Gasteiger partial charge >= 0.3 is 0 Å². The molecule has 22 heavy (non-hydrogen) atoms. The van der Waals surface area contributed by atoms with Crippen LogP contribution in [0.4, 0.5) is 0 Å². The second-order valence-electron chi connectivity index (χ2n) is 6.55. The van der Waals surface area contributed by atoms with Crippen molar-refractivity contribution in [3.63, 3.8) is 0 Å². The van der Waals surface area contributed by atoms with Crippen LogP contribution >= 0.6 is 0 Å². The zero-order valence-corrected chi connectivity index (χ0v) is 14.2. The van der Waals surface area contributed by atoms with Crippen LogP contribution in [-0.4, -0.2) is 31.5 Å². The van der Waals surface area contributed by atoms with Crippen molar-refractivity contribution >= 4 is 21.8 Å². The molecular formula is C15H26N2O4S. The summed E-state index contributed by atoms with van der Waals surface area (Å²) in [4.78, 5) is 23.1. The van der Waals surface area contributed by atoms with E-state index in [1.807, 2.05) is 0 Å². The van der Waals surface area contributed by atoms with Crippen LogP contribution in [0, 0.1) is 5.92 Å². The van der Waals surface area contributed by atoms with E-state index in [1.54, 1.807) is 13.8 Å². The third kappa shape index (κ3) is 7.06. The molecule has 0 aromatic carbocycles. The molecule has 0 aromatic rings. The molecule has 1 aliphatic rings. The molecule has 0 unspecified atom stereocenters. The average Bonchev–Trinajstić information content (AvgIpc) is 2.86. The molecule has 7 heteroatoms. The Bertz CT molecular complexity index is 520. The molecule has 1 fully saturated rings. The summed E-state index contributed by atoms with van der Waals surface area (Å²) in [5, 5.41) is 2.52. The Hall–Kier alpha value is -1.37. The molecular weight excluding hydrogens is 304 g/mol. The molecule has 0 heterocycles. The summed E-state index contributed by atoms with van der Waals surface area (Å²) in [5.41, 5.74) is -0.983. The van der Waals surface area contributed by atoms with Crippen molar-refractivity contribution in [2.45, 2.75) is 57.9 Å². The third-order valence-electron chi connectivity index (χ3n) is 3.72. The number of nitrogens with one attached hydrogen (secondary N) is 2. The maximum absolute atomic E-state index is 12.0. The fourth-order valence-electron chi connectivity index (χ4n) is 2.79. The Labute approximate surface area is 132 Å². The van der Waals surface area contributed by atoms with E-state index >= 15 is 0 Å². The van der Waals surface area contributed by atoms with Crippen molar-refractivity contribution < 1.29 is 18.0 Å². The molecule has 0 aliphatic heterocycles. The molecule has 0 bridgehead atoms. The van der Waals surface area contributed by atoms with E-state index in [9.17, 15) is 18.0 Å². The molecule has 0 spiro atoms. The number of carbonyl (C=O) groups is 2. The van der Waals surface area contributed by atoms with Crippen LogP contribution in [0.25, 0.3) is 0 Å². The van der Waals surface area contributed by atoms with Gasteiger partial charge in [0.1, 0.15) is 0 Å². The molecule has 1 aliphatic carbocycles. The second-order valence-corrected chi connectivity index (χ2v) is 8.27. The van der Waals surface area contributed by atoms with E-state index in [0.717, 1.165) is 25.3 Å². The zero-order chi connectivity index (χ0) is 16.8. The van der Waals surface area contributed by atoms with Crippen molar-refractivity contribution in [2.75, 3.05) is 5.75 Å². The Balaban J connectivity index is 2.45. The monoisotopic (exact) mass is 330 g/mol. The summed E-state index contributed by atoms with van der Waals surface area (Å²) in [6.45, 7) is 6.48. The Morgan fingerprint density at radius 3 is 2.41 bits per heavy atom. The first kappa shape index (κ1) is 18.7. The van der Waals surface area contributed by atoms with Crippen LogP contribution in [0.5, 0.6) is 0 Å². The van der Waals surface area contributed by atoms with Gasteiger partial charge in [-0.1, -0.05) is 32.3 Å². The summed E-state index contributed by atoms with van der Waals surface area (Å²) in [5.74, 6) is -0.753. The molecule has 6 nitrogen and oxygen atoms in total. The Morgan fingerprint density at radius 1 is 1.27 bits per heavy atom. The molecule has 2 amide bonds. The summed E-state index contributed by atoms with van der Waals surface area (Å²) in [7, 11) is -3.79. The number of rotatable bonds is 8. The minimum Gasteiger partial charge on any atom is -0.347 e. The molecule has 126 valence electrons. The maximum Gasteiger partial charge on any atom is 0.243 e. The smallest absolute Gasteiger partial charge is 0.243 e. The lowest BCUT2D eigenvalue weighted by Crippen LogP contribution is -2.50. The van der Waals surface area contributed by atoms with E-state index in [1.165, 1.54) is 12.8 Å². The Morgan fingerprint density at radius 2 is 1.86 bits per heavy atom. The highest BCUT2D eigenvalue weighted by atomic mass is 32.2. The molecule has 0 saturated heterocycles. The fraction of sp³-hybridized carbons (Fsp3) is 0.733. The number of amides is 2. The lowest BCUT2D eigenvalue weighted by atomic mass is 10.0. The summed E-state index contributed by atoms with van der Waals surface area (Å²) in [6, 6.07) is 0. The molecule has 1 saturated carbocycles. The first-order valence-corrected chi connectivity index (χ1v) is 9.27. The van der Waals surface area contributed by atoms with E-state index in [2.05, 4.69) is 16.6 Å². The van der Waals surface area contributed by atoms with Gasteiger partial charge in [-0.15, -0.1) is 0 Å². The van der Waals surface area contributed by atoms with Crippen LogP contribution in [0.15, 0.2) is 12.7 Å². The largest absolute Gasteiger partial charge is 0.347 e. The van der Waals surface area contributed by atoms with Gasteiger partial charge in [0.15, 0.2) is 0 Å². The van der Waals surface area contributed by atoms with Gasteiger partial charge in [-0.25, -0.2) is 8.42 Å². The van der Waals surface area contributed by atoms with Gasteiger partial charge in [0, 0.05) is 6.42 Å². The van der Waals surface area contributed by atoms with E-state index in [4.69, 9.17) is 0 Å². The Kier molecular flexibility index (Phi) is 6.59. The zero-order valence-electron chi connectivity index (χ0n) is 13.4. The molecule has 0 radical (unpaired) electrons. The third-order valence-corrected chi connectivity index (χ3v) is 5.36. The van der Waals surface area contributed by atoms with Gasteiger partial charge in [0.05, 0.1) is 11.3 Å². The summed E-state index contributed by atoms with van der Waals surface area (Å²) in [6.07, 6.45) is 6.68. The van der Waals surface area contributed by atoms with E-state index in [-0.39, 0.29) is 12.2 Å². The normalized spacial score (nSPS) is 16.3. The SMILES string of the molecule is C=CC(=O)NC(C)(C)CS(=O)(=O)NC(=O)CCC1CCCC1. The van der Waals surface area contributed by atoms with Crippen molar-refractivity contribution in [1.82, 2.24) is 10.0 Å². The summed E-state index contributed by atoms with van der Waals surface area (Å²) >= 11 is 0. The van der Waals surface area contributed by atoms with Crippen LogP contribution in [0.1, 0.15) is 52.4 Å². The predicted octanol–water partition coefficient (Wildman–Crippen LogP) is 1.48. The van der Waals surface area contributed by atoms with Gasteiger partial charge in [-0.3, -0.25) is 14.3 Å². The number of carbonyl (C=O) groups excluding carboxylic acids is 2. The van der Waals surface area contributed by atoms with Gasteiger partial charge in [-0.05, 0) is 32.3 Å². The van der Waals surface area contributed by atoms with Crippen molar-refractivity contribution in [2.24, 2.45) is 5.92 Å². The van der Waals surface area contributed by atoms with Crippen LogP contribution < -0.4 is 10.0 Å². The van der Waals surface area contributed by atoms with E-state index < -0.39 is 27.4 Å². The van der Waals surface area contributed by atoms with Crippen LogP contribution in [-0.2, 0) is 19.6 Å². The maximum atomic E-state index is 12.0. The lowest BCUT2D eigenvalue weighted by molar-refractivity contribution is -0.119. The fourth-order valence-corrected chi connectivity index (χ4v) is 4.33. The molecule has 0 atom stereocenters. The van der Waals surface area contributed by atoms with Gasteiger partial charge in [0.25, 0.3) is 0 Å². The predicted molar refractivity (Wildman–Crippen MR) is 85.5 cm³/mol. The highest BCUT2D eigenvalue weighted by Crippen LogP contribution is 2.28. The van der Waals surface area contributed by atoms with Gasteiger partial charge in [0.2, 0.25) is 21.8 Å². The quantitative estimate of drug-likeness (QED) is 0.659. The van der Waals surface area contributed by atoms with Crippen molar-refractivity contribution in [3.8, 4) is 0 Å².